The number of anilines is 1. The predicted octanol–water partition coefficient (Wildman–Crippen LogP) is -0.185. The zero-order chi connectivity index (χ0) is 16.7. The molecule has 23 heavy (non-hydrogen) atoms. The number of unbranched alkanes of at least 4 members (excludes halogenated alkanes) is 3. The Balaban J connectivity index is 1.85. The molecule has 0 unspecified atom stereocenters. The summed E-state index contributed by atoms with van der Waals surface area (Å²) in [5.41, 5.74) is 5.00. The molecule has 0 aliphatic carbocycles. The molecule has 0 spiro atoms. The van der Waals surface area contributed by atoms with Crippen LogP contribution in [0.25, 0.3) is 0 Å². The van der Waals surface area contributed by atoms with Crippen molar-refractivity contribution in [3.8, 4) is 0 Å². The van der Waals surface area contributed by atoms with Crippen molar-refractivity contribution in [2.75, 3.05) is 25.0 Å². The number of nitrogens with one attached hydrogen (secondary N) is 1. The molecule has 130 valence electrons. The molecule has 0 saturated carbocycles. The van der Waals surface area contributed by atoms with E-state index in [2.05, 4.69) is 10.3 Å². The number of aliphatic hydroxyl groups is 2. The highest BCUT2D eigenvalue weighted by atomic mass is 16.5. The van der Waals surface area contributed by atoms with Gasteiger partial charge in [-0.1, -0.05) is 12.8 Å². The van der Waals surface area contributed by atoms with E-state index in [-0.39, 0.29) is 13.0 Å². The van der Waals surface area contributed by atoms with E-state index in [4.69, 9.17) is 15.6 Å². The average Bonchev–Trinajstić information content (AvgIpc) is 2.91. The minimum absolute atomic E-state index is 0.265. The van der Waals surface area contributed by atoms with E-state index in [0.717, 1.165) is 38.8 Å². The maximum atomic E-state index is 12.1. The molecule has 5 N–H and O–H groups in total. The normalized spacial score (nSPS) is 24.0. The van der Waals surface area contributed by atoms with E-state index in [9.17, 15) is 9.90 Å². The van der Waals surface area contributed by atoms with Crippen LogP contribution in [0.3, 0.4) is 0 Å². The van der Waals surface area contributed by atoms with Crippen molar-refractivity contribution in [1.29, 1.82) is 0 Å². The standard InChI is InChI=1S/C15H26N4O4/c16-6-3-1-2-4-7-17-13-5-8-19(15(22)18-13)14-9-11(21)12(10-20)23-14/h5,8,11-12,14,20-21H,1-4,6-7,9-10,16H2,(H,17,18,22)/t11-,12+,14+/m0/s1. The molecule has 1 aliphatic rings. The van der Waals surface area contributed by atoms with E-state index in [1.165, 1.54) is 4.57 Å². The molecular formula is C15H26N4O4. The van der Waals surface area contributed by atoms with Crippen LogP contribution in [0.4, 0.5) is 5.82 Å². The van der Waals surface area contributed by atoms with E-state index < -0.39 is 24.1 Å². The molecule has 0 aromatic carbocycles. The Morgan fingerprint density at radius 2 is 2.17 bits per heavy atom. The lowest BCUT2D eigenvalue weighted by atomic mass is 10.2. The summed E-state index contributed by atoms with van der Waals surface area (Å²) in [6.07, 6.45) is 4.09. The monoisotopic (exact) mass is 326 g/mol. The summed E-state index contributed by atoms with van der Waals surface area (Å²) >= 11 is 0. The number of hydrogen-bond acceptors (Lipinski definition) is 7. The Morgan fingerprint density at radius 1 is 1.39 bits per heavy atom. The van der Waals surface area contributed by atoms with Gasteiger partial charge in [-0.3, -0.25) is 4.57 Å². The Bertz CT molecular complexity index is 536. The van der Waals surface area contributed by atoms with Gasteiger partial charge in [0, 0.05) is 19.2 Å². The van der Waals surface area contributed by atoms with Gasteiger partial charge < -0.3 is 26.0 Å². The maximum Gasteiger partial charge on any atom is 0.351 e. The third-order valence-corrected chi connectivity index (χ3v) is 3.96. The zero-order valence-electron chi connectivity index (χ0n) is 13.2. The Hall–Kier alpha value is -1.48. The predicted molar refractivity (Wildman–Crippen MR) is 86.1 cm³/mol. The molecule has 0 bridgehead atoms. The van der Waals surface area contributed by atoms with Gasteiger partial charge in [-0.05, 0) is 25.5 Å². The summed E-state index contributed by atoms with van der Waals surface area (Å²) in [7, 11) is 0. The second kappa shape index (κ2) is 8.97. The summed E-state index contributed by atoms with van der Waals surface area (Å²) in [6.45, 7) is 1.21. The number of nitrogens with zero attached hydrogens (tertiary/aromatic N) is 2. The number of rotatable bonds is 9. The summed E-state index contributed by atoms with van der Waals surface area (Å²) in [4.78, 5) is 16.1. The fraction of sp³-hybridized carbons (Fsp3) is 0.733. The highest BCUT2D eigenvalue weighted by Crippen LogP contribution is 2.27. The van der Waals surface area contributed by atoms with Gasteiger partial charge in [-0.2, -0.15) is 4.98 Å². The van der Waals surface area contributed by atoms with Crippen LogP contribution < -0.4 is 16.7 Å². The van der Waals surface area contributed by atoms with Crippen molar-refractivity contribution in [3.63, 3.8) is 0 Å². The van der Waals surface area contributed by atoms with Crippen LogP contribution in [-0.2, 0) is 4.74 Å². The molecule has 1 saturated heterocycles. The number of ether oxygens (including phenoxy) is 1. The third kappa shape index (κ3) is 5.00. The molecule has 8 heteroatoms. The molecule has 2 heterocycles. The van der Waals surface area contributed by atoms with Crippen molar-refractivity contribution in [2.45, 2.75) is 50.5 Å². The fourth-order valence-corrected chi connectivity index (χ4v) is 2.62. The largest absolute Gasteiger partial charge is 0.394 e. The molecule has 1 fully saturated rings. The molecule has 0 radical (unpaired) electrons. The minimum atomic E-state index is -0.775. The first-order valence-electron chi connectivity index (χ1n) is 8.13. The van der Waals surface area contributed by atoms with Crippen LogP contribution in [-0.4, -0.2) is 51.7 Å². The molecule has 8 nitrogen and oxygen atoms in total. The number of aromatic nitrogens is 2. The summed E-state index contributed by atoms with van der Waals surface area (Å²) < 4.78 is 6.80. The topological polar surface area (TPSA) is 123 Å². The van der Waals surface area contributed by atoms with Crippen LogP contribution in [0.1, 0.15) is 38.3 Å². The quantitative estimate of drug-likeness (QED) is 0.464. The first-order chi connectivity index (χ1) is 11.2. The SMILES string of the molecule is NCCCCCCNc1ccn([C@H]2C[C@H](O)[C@@H](CO)O2)c(=O)n1. The van der Waals surface area contributed by atoms with Gasteiger partial charge in [-0.15, -0.1) is 0 Å². The lowest BCUT2D eigenvalue weighted by Gasteiger charge is -2.14. The first kappa shape index (κ1) is 17.9. The van der Waals surface area contributed by atoms with E-state index in [1.54, 1.807) is 12.3 Å². The fourth-order valence-electron chi connectivity index (χ4n) is 2.62. The highest BCUT2D eigenvalue weighted by Gasteiger charge is 2.34. The van der Waals surface area contributed by atoms with Gasteiger partial charge in [0.15, 0.2) is 0 Å². The Morgan fingerprint density at radius 3 is 2.83 bits per heavy atom. The molecule has 1 aliphatic heterocycles. The van der Waals surface area contributed by atoms with Gasteiger partial charge in [0.05, 0.1) is 12.7 Å². The van der Waals surface area contributed by atoms with Crippen LogP contribution in [0, 0.1) is 0 Å². The number of nitrogens with two attached hydrogens (primary N) is 1. The molecule has 1 aromatic heterocycles. The molecule has 1 aromatic rings. The molecule has 3 atom stereocenters. The lowest BCUT2D eigenvalue weighted by molar-refractivity contribution is -0.0458. The van der Waals surface area contributed by atoms with Gasteiger partial charge in [0.25, 0.3) is 0 Å². The minimum Gasteiger partial charge on any atom is -0.394 e. The van der Waals surface area contributed by atoms with E-state index >= 15 is 0 Å². The smallest absolute Gasteiger partial charge is 0.351 e. The van der Waals surface area contributed by atoms with Crippen LogP contribution in [0.5, 0.6) is 0 Å². The van der Waals surface area contributed by atoms with E-state index in [0.29, 0.717) is 5.82 Å². The second-order valence-electron chi connectivity index (χ2n) is 5.75. The van der Waals surface area contributed by atoms with Crippen molar-refractivity contribution >= 4 is 5.82 Å². The summed E-state index contributed by atoms with van der Waals surface area (Å²) in [6, 6.07) is 1.71. The second-order valence-corrected chi connectivity index (χ2v) is 5.75. The van der Waals surface area contributed by atoms with Gasteiger partial charge in [0.2, 0.25) is 0 Å². The first-order valence-corrected chi connectivity index (χ1v) is 8.13. The molecule has 2 rings (SSSR count). The Kier molecular flexibility index (Phi) is 6.97. The molecular weight excluding hydrogens is 300 g/mol. The third-order valence-electron chi connectivity index (χ3n) is 3.96. The summed E-state index contributed by atoms with van der Waals surface area (Å²) in [5, 5.41) is 21.9. The average molecular weight is 326 g/mol. The van der Waals surface area contributed by atoms with Crippen molar-refractivity contribution in [1.82, 2.24) is 9.55 Å². The van der Waals surface area contributed by atoms with Crippen molar-refractivity contribution in [2.24, 2.45) is 5.73 Å². The lowest BCUT2D eigenvalue weighted by Crippen LogP contribution is -2.28. The van der Waals surface area contributed by atoms with Crippen LogP contribution in [0.2, 0.25) is 0 Å². The van der Waals surface area contributed by atoms with Crippen molar-refractivity contribution < 1.29 is 14.9 Å². The van der Waals surface area contributed by atoms with Gasteiger partial charge in [0.1, 0.15) is 18.1 Å². The number of hydrogen-bond donors (Lipinski definition) is 4. The van der Waals surface area contributed by atoms with Gasteiger partial charge in [-0.25, -0.2) is 4.79 Å². The van der Waals surface area contributed by atoms with Crippen molar-refractivity contribution in [3.05, 3.63) is 22.7 Å². The maximum absolute atomic E-state index is 12.1. The highest BCUT2D eigenvalue weighted by molar-refractivity contribution is 5.31. The molecule has 0 amide bonds. The zero-order valence-corrected chi connectivity index (χ0v) is 13.2. The van der Waals surface area contributed by atoms with Crippen LogP contribution >= 0.6 is 0 Å². The number of aliphatic hydroxyl groups excluding tert-OH is 2. The van der Waals surface area contributed by atoms with Gasteiger partial charge >= 0.3 is 5.69 Å². The Labute approximate surface area is 135 Å². The summed E-state index contributed by atoms with van der Waals surface area (Å²) in [5.74, 6) is 0.530. The van der Waals surface area contributed by atoms with Crippen LogP contribution in [0.15, 0.2) is 17.1 Å². The van der Waals surface area contributed by atoms with E-state index in [1.807, 2.05) is 0 Å².